The highest BCUT2D eigenvalue weighted by atomic mass is 79.9. The smallest absolute Gasteiger partial charge is 0.0517 e. The molecule has 1 rings (SSSR count). The number of hydrogen-bond acceptors (Lipinski definition) is 2. The largest absolute Gasteiger partial charge is 0.307 e. The van der Waals surface area contributed by atoms with E-state index in [2.05, 4.69) is 47.0 Å². The quantitative estimate of drug-likeness (QED) is 0.618. The van der Waals surface area contributed by atoms with Gasteiger partial charge in [-0.15, -0.1) is 0 Å². The number of hydrogen-bond donors (Lipinski definition) is 1. The molecule has 14 heavy (non-hydrogen) atoms. The fourth-order valence-electron chi connectivity index (χ4n) is 2.32. The zero-order valence-corrected chi connectivity index (χ0v) is 11.2. The van der Waals surface area contributed by atoms with Gasteiger partial charge in [-0.3, -0.25) is 0 Å². The second-order valence-corrected chi connectivity index (χ2v) is 5.71. The van der Waals surface area contributed by atoms with E-state index < -0.39 is 0 Å². The minimum absolute atomic E-state index is 0.419. The van der Waals surface area contributed by atoms with E-state index in [4.69, 9.17) is 0 Å². The number of likely N-dealkylation sites (tertiary alicyclic amines) is 1. The molecule has 0 radical (unpaired) electrons. The Kier molecular flexibility index (Phi) is 4.88. The van der Waals surface area contributed by atoms with Crippen LogP contribution in [0.4, 0.5) is 0 Å². The van der Waals surface area contributed by atoms with Crippen molar-refractivity contribution in [3.63, 3.8) is 0 Å². The minimum Gasteiger partial charge on any atom is -0.307 e. The number of rotatable bonds is 4. The summed E-state index contributed by atoms with van der Waals surface area (Å²) in [4.78, 5) is 2.46. The molecule has 1 unspecified atom stereocenters. The van der Waals surface area contributed by atoms with Crippen LogP contribution in [-0.2, 0) is 0 Å². The second kappa shape index (κ2) is 5.47. The lowest BCUT2D eigenvalue weighted by atomic mass is 9.74. The lowest BCUT2D eigenvalue weighted by molar-refractivity contribution is 0.104. The Labute approximate surface area is 96.6 Å². The van der Waals surface area contributed by atoms with Gasteiger partial charge in [0.25, 0.3) is 0 Å². The van der Waals surface area contributed by atoms with Crippen molar-refractivity contribution in [2.24, 2.45) is 11.3 Å². The highest BCUT2D eigenvalue weighted by molar-refractivity contribution is 9.09. The summed E-state index contributed by atoms with van der Waals surface area (Å²) in [7, 11) is 2.24. The summed E-state index contributed by atoms with van der Waals surface area (Å²) in [6.07, 6.45) is 2.75. The van der Waals surface area contributed by atoms with Gasteiger partial charge in [-0.05, 0) is 37.8 Å². The van der Waals surface area contributed by atoms with Crippen LogP contribution in [0.1, 0.15) is 26.7 Å². The van der Waals surface area contributed by atoms with Gasteiger partial charge in [-0.25, -0.2) is 0 Å². The van der Waals surface area contributed by atoms with Gasteiger partial charge in [0.2, 0.25) is 0 Å². The normalized spacial score (nSPS) is 25.3. The maximum atomic E-state index is 3.42. The fourth-order valence-corrected chi connectivity index (χ4v) is 2.52. The summed E-state index contributed by atoms with van der Waals surface area (Å²) >= 11 is 3.42. The zero-order valence-electron chi connectivity index (χ0n) is 9.65. The molecule has 1 fully saturated rings. The SMILES string of the molecule is CN1CCCC(C(C)(C)CNCBr)C1. The summed E-state index contributed by atoms with van der Waals surface area (Å²) in [5.41, 5.74) is 1.32. The average molecular weight is 263 g/mol. The van der Waals surface area contributed by atoms with Crippen LogP contribution in [0.25, 0.3) is 0 Å². The van der Waals surface area contributed by atoms with E-state index >= 15 is 0 Å². The molecule has 2 nitrogen and oxygen atoms in total. The number of nitrogens with zero attached hydrogens (tertiary/aromatic N) is 1. The molecule has 1 heterocycles. The van der Waals surface area contributed by atoms with Crippen molar-refractivity contribution in [1.82, 2.24) is 10.2 Å². The van der Waals surface area contributed by atoms with Crippen LogP contribution in [-0.4, -0.2) is 37.0 Å². The molecule has 0 amide bonds. The maximum Gasteiger partial charge on any atom is 0.0517 e. The Bertz CT molecular complexity index is 171. The molecule has 1 aliphatic heterocycles. The molecule has 0 aromatic heterocycles. The molecule has 0 aromatic carbocycles. The number of halogens is 1. The van der Waals surface area contributed by atoms with Crippen LogP contribution in [0.15, 0.2) is 0 Å². The highest BCUT2D eigenvalue weighted by Gasteiger charge is 2.31. The third kappa shape index (κ3) is 3.52. The Morgan fingerprint density at radius 1 is 1.50 bits per heavy atom. The second-order valence-electron chi connectivity index (χ2n) is 5.15. The molecule has 0 saturated carbocycles. The van der Waals surface area contributed by atoms with Crippen LogP contribution in [0.3, 0.4) is 0 Å². The Balaban J connectivity index is 2.43. The van der Waals surface area contributed by atoms with Crippen molar-refractivity contribution in [1.29, 1.82) is 0 Å². The standard InChI is InChI=1S/C11H23BrN2/c1-11(2,8-13-9-12)10-5-4-6-14(3)7-10/h10,13H,4-9H2,1-3H3. The van der Waals surface area contributed by atoms with Crippen molar-refractivity contribution in [2.75, 3.05) is 32.1 Å². The summed E-state index contributed by atoms with van der Waals surface area (Å²) < 4.78 is 0. The first-order chi connectivity index (χ1) is 6.56. The Hall–Kier alpha value is 0.400. The molecule has 0 aliphatic carbocycles. The molecule has 3 heteroatoms. The van der Waals surface area contributed by atoms with E-state index in [1.165, 1.54) is 25.9 Å². The van der Waals surface area contributed by atoms with E-state index in [0.29, 0.717) is 5.41 Å². The molecular weight excluding hydrogens is 240 g/mol. The summed E-state index contributed by atoms with van der Waals surface area (Å²) in [5, 5.41) is 3.40. The van der Waals surface area contributed by atoms with E-state index in [1.54, 1.807) is 0 Å². The van der Waals surface area contributed by atoms with Gasteiger partial charge in [0.1, 0.15) is 0 Å². The van der Waals surface area contributed by atoms with Gasteiger partial charge in [0.05, 0.1) is 5.45 Å². The van der Waals surface area contributed by atoms with Gasteiger partial charge >= 0.3 is 0 Å². The Morgan fingerprint density at radius 2 is 2.21 bits per heavy atom. The molecule has 84 valence electrons. The van der Waals surface area contributed by atoms with Gasteiger partial charge < -0.3 is 10.2 Å². The lowest BCUT2D eigenvalue weighted by Gasteiger charge is -2.40. The molecular formula is C11H23BrN2. The first-order valence-electron chi connectivity index (χ1n) is 5.51. The third-order valence-corrected chi connectivity index (χ3v) is 3.80. The van der Waals surface area contributed by atoms with E-state index in [9.17, 15) is 0 Å². The van der Waals surface area contributed by atoms with Gasteiger partial charge in [-0.1, -0.05) is 29.8 Å². The molecule has 1 atom stereocenters. The van der Waals surface area contributed by atoms with Crippen LogP contribution in [0.5, 0.6) is 0 Å². The van der Waals surface area contributed by atoms with Crippen LogP contribution in [0.2, 0.25) is 0 Å². The number of piperidine rings is 1. The fraction of sp³-hybridized carbons (Fsp3) is 1.00. The first-order valence-corrected chi connectivity index (χ1v) is 6.63. The van der Waals surface area contributed by atoms with Gasteiger partial charge in [0, 0.05) is 13.1 Å². The highest BCUT2D eigenvalue weighted by Crippen LogP contribution is 2.32. The Morgan fingerprint density at radius 3 is 2.79 bits per heavy atom. The summed E-state index contributed by atoms with van der Waals surface area (Å²) in [6, 6.07) is 0. The van der Waals surface area contributed by atoms with E-state index in [0.717, 1.165) is 17.9 Å². The predicted molar refractivity (Wildman–Crippen MR) is 65.8 cm³/mol. The van der Waals surface area contributed by atoms with Crippen molar-refractivity contribution >= 4 is 15.9 Å². The molecule has 1 saturated heterocycles. The van der Waals surface area contributed by atoms with Crippen molar-refractivity contribution in [3.05, 3.63) is 0 Å². The van der Waals surface area contributed by atoms with Gasteiger partial charge in [0.15, 0.2) is 0 Å². The average Bonchev–Trinajstić information content (AvgIpc) is 2.15. The van der Waals surface area contributed by atoms with Crippen LogP contribution >= 0.6 is 15.9 Å². The molecule has 1 N–H and O–H groups in total. The van der Waals surface area contributed by atoms with Gasteiger partial charge in [-0.2, -0.15) is 0 Å². The minimum atomic E-state index is 0.419. The van der Waals surface area contributed by atoms with Crippen molar-refractivity contribution < 1.29 is 0 Å². The molecule has 0 aromatic rings. The summed E-state index contributed by atoms with van der Waals surface area (Å²) in [6.45, 7) is 8.41. The molecule has 1 aliphatic rings. The maximum absolute atomic E-state index is 3.42. The zero-order chi connectivity index (χ0) is 10.6. The van der Waals surface area contributed by atoms with Crippen molar-refractivity contribution in [3.8, 4) is 0 Å². The topological polar surface area (TPSA) is 15.3 Å². The number of alkyl halides is 1. The molecule has 0 bridgehead atoms. The first kappa shape index (κ1) is 12.5. The van der Waals surface area contributed by atoms with E-state index in [-0.39, 0.29) is 0 Å². The van der Waals surface area contributed by atoms with Crippen LogP contribution < -0.4 is 5.32 Å². The lowest BCUT2D eigenvalue weighted by Crippen LogP contribution is -2.43. The van der Waals surface area contributed by atoms with Crippen molar-refractivity contribution in [2.45, 2.75) is 26.7 Å². The summed E-state index contributed by atoms with van der Waals surface area (Å²) in [5.74, 6) is 0.841. The predicted octanol–water partition coefficient (Wildman–Crippen LogP) is 2.30. The van der Waals surface area contributed by atoms with E-state index in [1.807, 2.05) is 0 Å². The monoisotopic (exact) mass is 262 g/mol. The number of nitrogens with one attached hydrogen (secondary N) is 1. The van der Waals surface area contributed by atoms with Crippen LogP contribution in [0, 0.1) is 11.3 Å². The molecule has 0 spiro atoms. The third-order valence-electron chi connectivity index (χ3n) is 3.40.